The van der Waals surface area contributed by atoms with Crippen LogP contribution in [0, 0.1) is 18.3 Å². The Labute approximate surface area is 182 Å². The molecule has 8 nitrogen and oxygen atoms in total. The van der Waals surface area contributed by atoms with E-state index in [2.05, 4.69) is 20.5 Å². The SMILES string of the molecule is Cc1ccc(N/N=C\C=N)c(C(=O)N2C[C@H]3CC(Oc4ccc(C(F)(F)F)cn4)C2C3)n1. The number of piperidine rings is 1. The Balaban J connectivity index is 1.50. The summed E-state index contributed by atoms with van der Waals surface area (Å²) >= 11 is 0. The fraction of sp³-hybridized carbons (Fsp3) is 0.381. The predicted octanol–water partition coefficient (Wildman–Crippen LogP) is 3.53. The number of ether oxygens (including phenoxy) is 1. The number of hydrogen-bond acceptors (Lipinski definition) is 7. The van der Waals surface area contributed by atoms with E-state index in [1.165, 1.54) is 12.3 Å². The summed E-state index contributed by atoms with van der Waals surface area (Å²) < 4.78 is 44.1. The molecule has 11 heteroatoms. The maximum absolute atomic E-state index is 13.3. The quantitative estimate of drug-likeness (QED) is 0.522. The summed E-state index contributed by atoms with van der Waals surface area (Å²) in [5.74, 6) is 0.0583. The van der Waals surface area contributed by atoms with Crippen LogP contribution in [-0.2, 0) is 6.18 Å². The molecule has 2 aromatic rings. The molecule has 0 aromatic carbocycles. The first kappa shape index (κ1) is 21.7. The Morgan fingerprint density at radius 3 is 2.78 bits per heavy atom. The average Bonchev–Trinajstić information content (AvgIpc) is 3.35. The molecule has 1 saturated carbocycles. The van der Waals surface area contributed by atoms with Gasteiger partial charge in [0, 0.05) is 30.7 Å². The van der Waals surface area contributed by atoms with Gasteiger partial charge in [-0.05, 0) is 43.9 Å². The monoisotopic (exact) mass is 446 g/mol. The summed E-state index contributed by atoms with van der Waals surface area (Å²) in [5.41, 5.74) is 3.19. The van der Waals surface area contributed by atoms with Crippen LogP contribution in [0.4, 0.5) is 18.9 Å². The number of halogens is 3. The largest absolute Gasteiger partial charge is 0.472 e. The predicted molar refractivity (Wildman–Crippen MR) is 111 cm³/mol. The van der Waals surface area contributed by atoms with Crippen molar-refractivity contribution in [2.45, 2.75) is 38.1 Å². The highest BCUT2D eigenvalue weighted by molar-refractivity contribution is 6.14. The summed E-state index contributed by atoms with van der Waals surface area (Å²) in [5, 5.41) is 10.9. The van der Waals surface area contributed by atoms with Crippen molar-refractivity contribution >= 4 is 24.0 Å². The minimum atomic E-state index is -4.46. The van der Waals surface area contributed by atoms with E-state index in [1.54, 1.807) is 24.0 Å². The summed E-state index contributed by atoms with van der Waals surface area (Å²) in [4.78, 5) is 23.2. The van der Waals surface area contributed by atoms with Crippen LogP contribution >= 0.6 is 0 Å². The number of alkyl halides is 3. The van der Waals surface area contributed by atoms with Crippen LogP contribution in [0.5, 0.6) is 5.88 Å². The number of aryl methyl sites for hydroxylation is 1. The minimum absolute atomic E-state index is 0.0972. The molecule has 2 fully saturated rings. The Bertz CT molecular complexity index is 1040. The number of pyridine rings is 2. The lowest BCUT2D eigenvalue weighted by Gasteiger charge is -2.33. The van der Waals surface area contributed by atoms with Gasteiger partial charge in [-0.3, -0.25) is 10.2 Å². The molecule has 0 radical (unpaired) electrons. The highest BCUT2D eigenvalue weighted by atomic mass is 19.4. The van der Waals surface area contributed by atoms with Gasteiger partial charge in [-0.25, -0.2) is 9.97 Å². The number of hydrazone groups is 1. The molecule has 1 saturated heterocycles. The first-order valence-electron chi connectivity index (χ1n) is 10.0. The zero-order valence-electron chi connectivity index (χ0n) is 17.1. The van der Waals surface area contributed by atoms with Crippen molar-refractivity contribution in [1.29, 1.82) is 5.41 Å². The molecule has 32 heavy (non-hydrogen) atoms. The van der Waals surface area contributed by atoms with E-state index < -0.39 is 11.7 Å². The lowest BCUT2D eigenvalue weighted by Crippen LogP contribution is -2.47. The van der Waals surface area contributed by atoms with Crippen LogP contribution in [0.1, 0.15) is 34.6 Å². The van der Waals surface area contributed by atoms with Gasteiger partial charge in [-0.2, -0.15) is 18.3 Å². The zero-order valence-corrected chi connectivity index (χ0v) is 17.1. The third kappa shape index (κ3) is 4.41. The van der Waals surface area contributed by atoms with Crippen LogP contribution in [0.15, 0.2) is 35.6 Å². The topological polar surface area (TPSA) is 104 Å². The Morgan fingerprint density at radius 2 is 2.12 bits per heavy atom. The molecule has 1 aliphatic heterocycles. The molecule has 1 amide bonds. The van der Waals surface area contributed by atoms with Crippen molar-refractivity contribution < 1.29 is 22.7 Å². The molecule has 4 rings (SSSR count). The van der Waals surface area contributed by atoms with Gasteiger partial charge in [0.15, 0.2) is 5.69 Å². The van der Waals surface area contributed by atoms with Crippen molar-refractivity contribution in [2.75, 3.05) is 12.0 Å². The number of hydrogen-bond donors (Lipinski definition) is 2. The summed E-state index contributed by atoms with van der Waals surface area (Å²) in [7, 11) is 0. The first-order chi connectivity index (χ1) is 15.3. The number of amides is 1. The van der Waals surface area contributed by atoms with Crippen molar-refractivity contribution in [3.05, 3.63) is 47.4 Å². The fourth-order valence-corrected chi connectivity index (χ4v) is 4.19. The van der Waals surface area contributed by atoms with Gasteiger partial charge < -0.3 is 15.0 Å². The van der Waals surface area contributed by atoms with Gasteiger partial charge in [-0.1, -0.05) is 0 Å². The van der Waals surface area contributed by atoms with E-state index in [9.17, 15) is 18.0 Å². The average molecular weight is 446 g/mol. The summed E-state index contributed by atoms with van der Waals surface area (Å²) in [6.45, 7) is 2.34. The van der Waals surface area contributed by atoms with E-state index in [-0.39, 0.29) is 35.5 Å². The number of likely N-dealkylation sites (tertiary alicyclic amines) is 1. The van der Waals surface area contributed by atoms with Crippen LogP contribution in [0.3, 0.4) is 0 Å². The van der Waals surface area contributed by atoms with E-state index in [1.807, 2.05) is 0 Å². The van der Waals surface area contributed by atoms with Crippen LogP contribution in [0.2, 0.25) is 0 Å². The normalized spacial score (nSPS) is 22.4. The molecule has 2 unspecified atom stereocenters. The molecule has 2 aromatic heterocycles. The van der Waals surface area contributed by atoms with Crippen molar-refractivity contribution in [2.24, 2.45) is 11.0 Å². The van der Waals surface area contributed by atoms with Gasteiger partial charge in [0.05, 0.1) is 23.5 Å². The zero-order chi connectivity index (χ0) is 22.9. The third-order valence-corrected chi connectivity index (χ3v) is 5.59. The number of carbonyl (C=O) groups excluding carboxylic acids is 1. The summed E-state index contributed by atoms with van der Waals surface area (Å²) in [6.07, 6.45) is -0.380. The van der Waals surface area contributed by atoms with Crippen molar-refractivity contribution in [3.63, 3.8) is 0 Å². The Kier molecular flexibility index (Phi) is 5.81. The van der Waals surface area contributed by atoms with Crippen molar-refractivity contribution in [3.8, 4) is 5.88 Å². The number of rotatable bonds is 6. The van der Waals surface area contributed by atoms with Gasteiger partial charge in [-0.15, -0.1) is 0 Å². The molecular formula is C21H21F3N6O2. The lowest BCUT2D eigenvalue weighted by atomic mass is 10.1. The number of nitrogens with one attached hydrogen (secondary N) is 2. The maximum atomic E-state index is 13.3. The molecule has 3 heterocycles. The number of fused-ring (bicyclic) bond motifs is 2. The van der Waals surface area contributed by atoms with E-state index in [0.717, 1.165) is 24.9 Å². The van der Waals surface area contributed by atoms with Crippen LogP contribution in [-0.4, -0.2) is 51.9 Å². The molecule has 2 aliphatic rings. The summed E-state index contributed by atoms with van der Waals surface area (Å²) in [6, 6.07) is 5.36. The molecule has 0 spiro atoms. The van der Waals surface area contributed by atoms with Gasteiger partial charge in [0.2, 0.25) is 5.88 Å². The minimum Gasteiger partial charge on any atom is -0.472 e. The van der Waals surface area contributed by atoms with E-state index in [4.69, 9.17) is 10.1 Å². The highest BCUT2D eigenvalue weighted by Crippen LogP contribution is 2.41. The van der Waals surface area contributed by atoms with Crippen LogP contribution < -0.4 is 10.2 Å². The van der Waals surface area contributed by atoms with Gasteiger partial charge in [0.25, 0.3) is 5.91 Å². The second-order valence-corrected chi connectivity index (χ2v) is 7.81. The molecule has 2 N–H and O–H groups in total. The molecule has 1 aliphatic carbocycles. The number of carbonyl (C=O) groups is 1. The number of anilines is 1. The maximum Gasteiger partial charge on any atom is 0.417 e. The fourth-order valence-electron chi connectivity index (χ4n) is 4.19. The molecular weight excluding hydrogens is 425 g/mol. The van der Waals surface area contributed by atoms with Gasteiger partial charge in [0.1, 0.15) is 6.10 Å². The molecule has 168 valence electrons. The van der Waals surface area contributed by atoms with E-state index in [0.29, 0.717) is 24.3 Å². The standard InChI is InChI=1S/C21H21F3N6O2/c1-12-2-4-15(29-27-7-6-25)19(28-12)20(31)30-11-13-8-16(30)17(9-13)32-18-5-3-14(10-26-18)21(22,23)24/h2-7,10,13,16-17,25,29H,8-9,11H2,1H3/b25-6?,27-7-/t13-,16?,17?/m1/s1. The number of aromatic nitrogens is 2. The van der Waals surface area contributed by atoms with Crippen LogP contribution in [0.25, 0.3) is 0 Å². The molecule has 2 bridgehead atoms. The highest BCUT2D eigenvalue weighted by Gasteiger charge is 2.49. The number of nitrogens with zero attached hydrogens (tertiary/aromatic N) is 4. The Hall–Kier alpha value is -3.50. The van der Waals surface area contributed by atoms with E-state index >= 15 is 0 Å². The molecule has 3 atom stereocenters. The van der Waals surface area contributed by atoms with Crippen molar-refractivity contribution in [1.82, 2.24) is 14.9 Å². The second kappa shape index (κ2) is 8.56. The first-order valence-corrected chi connectivity index (χ1v) is 10.0. The Morgan fingerprint density at radius 1 is 1.31 bits per heavy atom. The second-order valence-electron chi connectivity index (χ2n) is 7.81. The van der Waals surface area contributed by atoms with Gasteiger partial charge >= 0.3 is 6.18 Å². The third-order valence-electron chi connectivity index (χ3n) is 5.59. The smallest absolute Gasteiger partial charge is 0.417 e. The lowest BCUT2D eigenvalue weighted by molar-refractivity contribution is -0.137.